The summed E-state index contributed by atoms with van der Waals surface area (Å²) in [6.07, 6.45) is 5.44. The fourth-order valence-electron chi connectivity index (χ4n) is 2.58. The molecular formula is C14H23N3O. The number of nitrogens with two attached hydrogens (primary N) is 1. The van der Waals surface area contributed by atoms with E-state index in [-0.39, 0.29) is 0 Å². The van der Waals surface area contributed by atoms with Crippen molar-refractivity contribution in [2.45, 2.75) is 32.6 Å². The fraction of sp³-hybridized carbons (Fsp3) is 0.643. The number of anilines is 2. The molecule has 1 heterocycles. The van der Waals surface area contributed by atoms with E-state index in [0.29, 0.717) is 18.2 Å². The molecular weight excluding hydrogens is 226 g/mol. The van der Waals surface area contributed by atoms with Crippen molar-refractivity contribution in [3.8, 4) is 5.88 Å². The molecule has 0 radical (unpaired) electrons. The SMILES string of the molecule is CCOc1nc(N(C)CC2CCCC2)ccc1N. The average molecular weight is 249 g/mol. The van der Waals surface area contributed by atoms with Crippen LogP contribution >= 0.6 is 0 Å². The van der Waals surface area contributed by atoms with Crippen LogP contribution in [-0.4, -0.2) is 25.2 Å². The smallest absolute Gasteiger partial charge is 0.239 e. The minimum atomic E-state index is 0.549. The number of rotatable bonds is 5. The molecule has 100 valence electrons. The van der Waals surface area contributed by atoms with Crippen LogP contribution in [0.2, 0.25) is 0 Å². The van der Waals surface area contributed by atoms with Crippen LogP contribution in [0.3, 0.4) is 0 Å². The summed E-state index contributed by atoms with van der Waals surface area (Å²) in [4.78, 5) is 6.69. The summed E-state index contributed by atoms with van der Waals surface area (Å²) in [6, 6.07) is 3.84. The van der Waals surface area contributed by atoms with Gasteiger partial charge in [-0.1, -0.05) is 12.8 Å². The molecule has 1 aromatic heterocycles. The zero-order valence-electron chi connectivity index (χ0n) is 11.4. The van der Waals surface area contributed by atoms with Crippen molar-refractivity contribution in [2.24, 2.45) is 5.92 Å². The van der Waals surface area contributed by atoms with E-state index < -0.39 is 0 Å². The Bertz CT molecular complexity index is 389. The third-order valence-corrected chi connectivity index (χ3v) is 3.55. The molecule has 0 spiro atoms. The molecule has 0 atom stereocenters. The van der Waals surface area contributed by atoms with Gasteiger partial charge in [-0.3, -0.25) is 0 Å². The Labute approximate surface area is 109 Å². The highest BCUT2D eigenvalue weighted by molar-refractivity contribution is 5.54. The first-order valence-corrected chi connectivity index (χ1v) is 6.81. The monoisotopic (exact) mass is 249 g/mol. The molecule has 0 amide bonds. The molecule has 2 rings (SSSR count). The molecule has 0 bridgehead atoms. The maximum absolute atomic E-state index is 5.83. The van der Waals surface area contributed by atoms with Crippen molar-refractivity contribution in [3.05, 3.63) is 12.1 Å². The van der Waals surface area contributed by atoms with Gasteiger partial charge in [0.05, 0.1) is 12.3 Å². The molecule has 0 aromatic carbocycles. The van der Waals surface area contributed by atoms with Gasteiger partial charge in [-0.15, -0.1) is 0 Å². The van der Waals surface area contributed by atoms with Crippen molar-refractivity contribution in [1.29, 1.82) is 0 Å². The number of pyridine rings is 1. The molecule has 4 nitrogen and oxygen atoms in total. The molecule has 1 aliphatic carbocycles. The van der Waals surface area contributed by atoms with Crippen LogP contribution in [0, 0.1) is 5.92 Å². The summed E-state index contributed by atoms with van der Waals surface area (Å²) in [5, 5.41) is 0. The van der Waals surface area contributed by atoms with Crippen molar-refractivity contribution in [3.63, 3.8) is 0 Å². The lowest BCUT2D eigenvalue weighted by Gasteiger charge is -2.22. The largest absolute Gasteiger partial charge is 0.476 e. The Hall–Kier alpha value is -1.45. The van der Waals surface area contributed by atoms with E-state index in [0.717, 1.165) is 18.3 Å². The Morgan fingerprint density at radius 2 is 2.11 bits per heavy atom. The van der Waals surface area contributed by atoms with Crippen LogP contribution in [0.15, 0.2) is 12.1 Å². The second-order valence-electron chi connectivity index (χ2n) is 5.03. The molecule has 1 aliphatic rings. The Balaban J connectivity index is 2.04. The standard InChI is InChI=1S/C14H23N3O/c1-3-18-14-12(15)8-9-13(16-14)17(2)10-11-6-4-5-7-11/h8-9,11H,3-7,10,15H2,1-2H3. The number of nitrogens with zero attached hydrogens (tertiary/aromatic N) is 2. The van der Waals surface area contributed by atoms with Crippen molar-refractivity contribution in [1.82, 2.24) is 4.98 Å². The number of nitrogen functional groups attached to an aromatic ring is 1. The minimum absolute atomic E-state index is 0.549. The Kier molecular flexibility index (Phi) is 4.28. The van der Waals surface area contributed by atoms with E-state index in [1.165, 1.54) is 25.7 Å². The lowest BCUT2D eigenvalue weighted by molar-refractivity contribution is 0.329. The fourth-order valence-corrected chi connectivity index (χ4v) is 2.58. The first-order valence-electron chi connectivity index (χ1n) is 6.81. The highest BCUT2D eigenvalue weighted by atomic mass is 16.5. The van der Waals surface area contributed by atoms with E-state index >= 15 is 0 Å². The topological polar surface area (TPSA) is 51.4 Å². The van der Waals surface area contributed by atoms with Crippen LogP contribution < -0.4 is 15.4 Å². The maximum Gasteiger partial charge on any atom is 0.239 e. The van der Waals surface area contributed by atoms with Crippen molar-refractivity contribution >= 4 is 11.5 Å². The van der Waals surface area contributed by atoms with Gasteiger partial charge in [-0.05, 0) is 37.8 Å². The highest BCUT2D eigenvalue weighted by Gasteiger charge is 2.18. The summed E-state index contributed by atoms with van der Waals surface area (Å²) in [6.45, 7) is 3.60. The number of aromatic nitrogens is 1. The first-order chi connectivity index (χ1) is 8.70. The summed E-state index contributed by atoms with van der Waals surface area (Å²) >= 11 is 0. The van der Waals surface area contributed by atoms with Crippen LogP contribution in [0.4, 0.5) is 11.5 Å². The van der Waals surface area contributed by atoms with Crippen LogP contribution in [-0.2, 0) is 0 Å². The van der Waals surface area contributed by atoms with E-state index in [2.05, 4.69) is 16.9 Å². The number of hydrogen-bond donors (Lipinski definition) is 1. The van der Waals surface area contributed by atoms with Gasteiger partial charge < -0.3 is 15.4 Å². The molecule has 1 fully saturated rings. The van der Waals surface area contributed by atoms with Crippen LogP contribution in [0.25, 0.3) is 0 Å². The molecule has 0 saturated heterocycles. The third-order valence-electron chi connectivity index (χ3n) is 3.55. The summed E-state index contributed by atoms with van der Waals surface area (Å²) < 4.78 is 5.43. The van der Waals surface area contributed by atoms with E-state index in [1.807, 2.05) is 19.1 Å². The van der Waals surface area contributed by atoms with E-state index in [4.69, 9.17) is 10.5 Å². The van der Waals surface area contributed by atoms with Crippen molar-refractivity contribution < 1.29 is 4.74 Å². The molecule has 4 heteroatoms. The average Bonchev–Trinajstić information content (AvgIpc) is 2.85. The van der Waals surface area contributed by atoms with E-state index in [9.17, 15) is 0 Å². The number of hydrogen-bond acceptors (Lipinski definition) is 4. The molecule has 1 aromatic rings. The van der Waals surface area contributed by atoms with Crippen LogP contribution in [0.5, 0.6) is 5.88 Å². The second-order valence-corrected chi connectivity index (χ2v) is 5.03. The molecule has 1 saturated carbocycles. The predicted octanol–water partition coefficient (Wildman–Crippen LogP) is 2.69. The lowest BCUT2D eigenvalue weighted by atomic mass is 10.1. The lowest BCUT2D eigenvalue weighted by Crippen LogP contribution is -2.25. The Morgan fingerprint density at radius 3 is 2.78 bits per heavy atom. The number of ether oxygens (including phenoxy) is 1. The van der Waals surface area contributed by atoms with Gasteiger partial charge in [-0.25, -0.2) is 0 Å². The normalized spacial score (nSPS) is 15.9. The first kappa shape index (κ1) is 13.0. The van der Waals surface area contributed by atoms with Gasteiger partial charge in [0.2, 0.25) is 5.88 Å². The molecule has 0 aliphatic heterocycles. The quantitative estimate of drug-likeness (QED) is 0.871. The highest BCUT2D eigenvalue weighted by Crippen LogP contribution is 2.28. The summed E-state index contributed by atoms with van der Waals surface area (Å²) in [5.41, 5.74) is 6.44. The zero-order chi connectivity index (χ0) is 13.0. The summed E-state index contributed by atoms with van der Waals surface area (Å²) in [5.74, 6) is 2.30. The van der Waals surface area contributed by atoms with Gasteiger partial charge in [0, 0.05) is 13.6 Å². The summed E-state index contributed by atoms with van der Waals surface area (Å²) in [7, 11) is 2.09. The van der Waals surface area contributed by atoms with Gasteiger partial charge in [0.25, 0.3) is 0 Å². The van der Waals surface area contributed by atoms with Gasteiger partial charge in [0.1, 0.15) is 5.82 Å². The van der Waals surface area contributed by atoms with E-state index in [1.54, 1.807) is 0 Å². The molecule has 2 N–H and O–H groups in total. The molecule has 18 heavy (non-hydrogen) atoms. The van der Waals surface area contributed by atoms with Gasteiger partial charge >= 0.3 is 0 Å². The van der Waals surface area contributed by atoms with Crippen molar-refractivity contribution in [2.75, 3.05) is 30.8 Å². The molecule has 0 unspecified atom stereocenters. The predicted molar refractivity (Wildman–Crippen MR) is 75.0 cm³/mol. The maximum atomic E-state index is 5.83. The second kappa shape index (κ2) is 5.94. The third kappa shape index (κ3) is 3.06. The van der Waals surface area contributed by atoms with Gasteiger partial charge in [0.15, 0.2) is 0 Å². The Morgan fingerprint density at radius 1 is 1.39 bits per heavy atom. The minimum Gasteiger partial charge on any atom is -0.476 e. The van der Waals surface area contributed by atoms with Gasteiger partial charge in [-0.2, -0.15) is 4.98 Å². The zero-order valence-corrected chi connectivity index (χ0v) is 11.4. The van der Waals surface area contributed by atoms with Crippen LogP contribution in [0.1, 0.15) is 32.6 Å².